The second-order valence-corrected chi connectivity index (χ2v) is 6.51. The van der Waals surface area contributed by atoms with Crippen molar-refractivity contribution < 1.29 is 4.74 Å². The van der Waals surface area contributed by atoms with Crippen molar-refractivity contribution >= 4 is 17.2 Å². The van der Waals surface area contributed by atoms with Gasteiger partial charge in [-0.3, -0.25) is 0 Å². The first kappa shape index (κ1) is 16.2. The van der Waals surface area contributed by atoms with Crippen molar-refractivity contribution in [3.05, 3.63) is 28.8 Å². The van der Waals surface area contributed by atoms with Gasteiger partial charge in [-0.05, 0) is 70.0 Å². The fourth-order valence-electron chi connectivity index (χ4n) is 3.13. The highest BCUT2D eigenvalue weighted by atomic mass is 32.1. The summed E-state index contributed by atoms with van der Waals surface area (Å²) in [5, 5.41) is 0. The lowest BCUT2D eigenvalue weighted by molar-refractivity contribution is 0.152. The molecule has 0 spiro atoms. The van der Waals surface area contributed by atoms with Crippen molar-refractivity contribution in [2.75, 3.05) is 20.2 Å². The molecule has 2 rings (SSSR count). The maximum Gasteiger partial charge on any atom is 0.125 e. The molecule has 2 N–H and O–H groups in total. The van der Waals surface area contributed by atoms with Gasteiger partial charge in [-0.2, -0.15) is 0 Å². The number of ether oxygens (including phenoxy) is 1. The van der Waals surface area contributed by atoms with Gasteiger partial charge in [-0.1, -0.05) is 18.6 Å². The van der Waals surface area contributed by atoms with E-state index in [-0.39, 0.29) is 0 Å². The van der Waals surface area contributed by atoms with Gasteiger partial charge < -0.3 is 15.4 Å². The normalized spacial score (nSPS) is 19.5. The molecule has 4 heteroatoms. The molecule has 1 aromatic carbocycles. The number of hydrogen-bond donors (Lipinski definition) is 1. The molecule has 0 aliphatic carbocycles. The highest BCUT2D eigenvalue weighted by Gasteiger charge is 2.18. The monoisotopic (exact) mass is 306 g/mol. The SMILES string of the molecule is Cc1cc(C(N)=S)cc(C)c1OCCC1CCCCN1C. The Morgan fingerprint density at radius 1 is 1.33 bits per heavy atom. The molecular formula is C17H26N2OS. The van der Waals surface area contributed by atoms with Gasteiger partial charge in [-0.25, -0.2) is 0 Å². The molecule has 1 aliphatic heterocycles. The zero-order valence-electron chi connectivity index (χ0n) is 13.3. The third-order valence-electron chi connectivity index (χ3n) is 4.36. The number of rotatable bonds is 5. The average Bonchev–Trinajstić information content (AvgIpc) is 2.43. The standard InChI is InChI=1S/C17H26N2OS/c1-12-10-14(17(18)21)11-13(2)16(12)20-9-7-15-6-4-5-8-19(15)3/h10-11,15H,4-9H2,1-3H3,(H2,18,21). The van der Waals surface area contributed by atoms with E-state index in [4.69, 9.17) is 22.7 Å². The van der Waals surface area contributed by atoms with Crippen molar-refractivity contribution in [1.29, 1.82) is 0 Å². The summed E-state index contributed by atoms with van der Waals surface area (Å²) in [5.41, 5.74) is 8.83. The number of benzene rings is 1. The topological polar surface area (TPSA) is 38.5 Å². The molecule has 0 aromatic heterocycles. The van der Waals surface area contributed by atoms with Crippen LogP contribution in [-0.2, 0) is 0 Å². The van der Waals surface area contributed by atoms with E-state index in [9.17, 15) is 0 Å². The van der Waals surface area contributed by atoms with E-state index in [2.05, 4.69) is 25.8 Å². The van der Waals surface area contributed by atoms with Gasteiger partial charge in [-0.15, -0.1) is 0 Å². The number of hydrogen-bond acceptors (Lipinski definition) is 3. The van der Waals surface area contributed by atoms with Gasteiger partial charge in [0.1, 0.15) is 10.7 Å². The molecule has 1 atom stereocenters. The molecule has 1 aromatic rings. The van der Waals surface area contributed by atoms with Crippen LogP contribution in [0.5, 0.6) is 5.75 Å². The Balaban J connectivity index is 1.95. The fourth-order valence-corrected chi connectivity index (χ4v) is 3.24. The second kappa shape index (κ2) is 7.23. The van der Waals surface area contributed by atoms with Crippen LogP contribution in [0.15, 0.2) is 12.1 Å². The van der Waals surface area contributed by atoms with E-state index in [0.717, 1.165) is 35.5 Å². The molecular weight excluding hydrogens is 280 g/mol. The minimum atomic E-state index is 0.441. The van der Waals surface area contributed by atoms with Gasteiger partial charge in [0.25, 0.3) is 0 Å². The van der Waals surface area contributed by atoms with Crippen LogP contribution in [0.2, 0.25) is 0 Å². The van der Waals surface area contributed by atoms with E-state index in [0.29, 0.717) is 11.0 Å². The van der Waals surface area contributed by atoms with Gasteiger partial charge in [0.05, 0.1) is 6.61 Å². The lowest BCUT2D eigenvalue weighted by atomic mass is 10.0. The molecule has 116 valence electrons. The Hall–Kier alpha value is -1.13. The lowest BCUT2D eigenvalue weighted by Gasteiger charge is -2.32. The van der Waals surface area contributed by atoms with E-state index >= 15 is 0 Å². The first-order chi connectivity index (χ1) is 9.99. The van der Waals surface area contributed by atoms with Gasteiger partial charge in [0.15, 0.2) is 0 Å². The summed E-state index contributed by atoms with van der Waals surface area (Å²) in [7, 11) is 2.22. The highest BCUT2D eigenvalue weighted by Crippen LogP contribution is 2.26. The molecule has 0 amide bonds. The van der Waals surface area contributed by atoms with Gasteiger partial charge >= 0.3 is 0 Å². The minimum absolute atomic E-state index is 0.441. The Bertz CT molecular complexity index is 493. The van der Waals surface area contributed by atoms with E-state index in [1.807, 2.05) is 12.1 Å². The fraction of sp³-hybridized carbons (Fsp3) is 0.588. The van der Waals surface area contributed by atoms with Crippen molar-refractivity contribution in [3.63, 3.8) is 0 Å². The van der Waals surface area contributed by atoms with Crippen molar-refractivity contribution in [2.45, 2.75) is 45.6 Å². The maximum atomic E-state index is 6.04. The van der Waals surface area contributed by atoms with Crippen LogP contribution in [0.3, 0.4) is 0 Å². The van der Waals surface area contributed by atoms with E-state index < -0.39 is 0 Å². The summed E-state index contributed by atoms with van der Waals surface area (Å²) >= 11 is 5.04. The first-order valence-electron chi connectivity index (χ1n) is 7.73. The Morgan fingerprint density at radius 2 is 2.00 bits per heavy atom. The molecule has 1 aliphatic rings. The van der Waals surface area contributed by atoms with Crippen LogP contribution in [0.1, 0.15) is 42.4 Å². The molecule has 1 heterocycles. The smallest absolute Gasteiger partial charge is 0.125 e. The molecule has 1 fully saturated rings. The second-order valence-electron chi connectivity index (χ2n) is 6.07. The summed E-state index contributed by atoms with van der Waals surface area (Å²) in [6.07, 6.45) is 5.05. The van der Waals surface area contributed by atoms with Crippen LogP contribution < -0.4 is 10.5 Å². The summed E-state index contributed by atoms with van der Waals surface area (Å²) in [6, 6.07) is 4.68. The summed E-state index contributed by atoms with van der Waals surface area (Å²) in [6.45, 7) is 6.09. The third-order valence-corrected chi connectivity index (χ3v) is 4.60. The van der Waals surface area contributed by atoms with E-state index in [1.54, 1.807) is 0 Å². The molecule has 0 saturated carbocycles. The van der Waals surface area contributed by atoms with Crippen LogP contribution in [-0.4, -0.2) is 36.1 Å². The quantitative estimate of drug-likeness (QED) is 0.848. The zero-order chi connectivity index (χ0) is 15.4. The number of nitrogens with zero attached hydrogens (tertiary/aromatic N) is 1. The predicted octanol–water partition coefficient (Wildman–Crippen LogP) is 3.19. The van der Waals surface area contributed by atoms with Crippen molar-refractivity contribution in [1.82, 2.24) is 4.90 Å². The highest BCUT2D eigenvalue weighted by molar-refractivity contribution is 7.80. The van der Waals surface area contributed by atoms with Crippen LogP contribution >= 0.6 is 12.2 Å². The number of thiocarbonyl (C=S) groups is 1. The Kier molecular flexibility index (Phi) is 5.59. The first-order valence-corrected chi connectivity index (χ1v) is 8.14. The zero-order valence-corrected chi connectivity index (χ0v) is 14.1. The van der Waals surface area contributed by atoms with Crippen LogP contribution in [0.25, 0.3) is 0 Å². The van der Waals surface area contributed by atoms with Crippen LogP contribution in [0, 0.1) is 13.8 Å². The van der Waals surface area contributed by atoms with Crippen molar-refractivity contribution in [3.8, 4) is 5.75 Å². The predicted molar refractivity (Wildman–Crippen MR) is 92.2 cm³/mol. The molecule has 3 nitrogen and oxygen atoms in total. The molecule has 21 heavy (non-hydrogen) atoms. The summed E-state index contributed by atoms with van der Waals surface area (Å²) in [4.78, 5) is 2.90. The molecule has 1 unspecified atom stereocenters. The average molecular weight is 306 g/mol. The largest absolute Gasteiger partial charge is 0.493 e. The molecule has 0 radical (unpaired) electrons. The summed E-state index contributed by atoms with van der Waals surface area (Å²) in [5.74, 6) is 0.980. The molecule has 0 bridgehead atoms. The van der Waals surface area contributed by atoms with Crippen LogP contribution in [0.4, 0.5) is 0 Å². The molecule has 1 saturated heterocycles. The number of likely N-dealkylation sites (tertiary alicyclic amines) is 1. The number of nitrogens with two attached hydrogens (primary N) is 1. The Morgan fingerprint density at radius 3 is 2.57 bits per heavy atom. The minimum Gasteiger partial charge on any atom is -0.493 e. The van der Waals surface area contributed by atoms with E-state index in [1.165, 1.54) is 25.8 Å². The van der Waals surface area contributed by atoms with Gasteiger partial charge in [0, 0.05) is 11.6 Å². The lowest BCUT2D eigenvalue weighted by Crippen LogP contribution is -2.37. The number of piperidine rings is 1. The maximum absolute atomic E-state index is 6.04. The van der Waals surface area contributed by atoms with Crippen molar-refractivity contribution in [2.24, 2.45) is 5.73 Å². The number of aryl methyl sites for hydroxylation is 2. The Labute approximate surface area is 133 Å². The summed E-state index contributed by atoms with van der Waals surface area (Å²) < 4.78 is 6.04. The third kappa shape index (κ3) is 4.17. The van der Waals surface area contributed by atoms with Gasteiger partial charge in [0.2, 0.25) is 0 Å².